The van der Waals surface area contributed by atoms with Crippen molar-refractivity contribution in [3.8, 4) is 0 Å². The first kappa shape index (κ1) is 14.1. The zero-order chi connectivity index (χ0) is 13.4. The molecular weight excluding hydrogens is 271 g/mol. The van der Waals surface area contributed by atoms with Gasteiger partial charge in [-0.05, 0) is 25.7 Å². The fourth-order valence-corrected chi connectivity index (χ4v) is 4.20. The van der Waals surface area contributed by atoms with Gasteiger partial charge in [0.25, 0.3) is 0 Å². The Bertz CT molecular complexity index is 386. The first-order valence-electron chi connectivity index (χ1n) is 5.96. The Labute approximate surface area is 104 Å². The second kappa shape index (κ2) is 4.97. The van der Waals surface area contributed by atoms with Crippen molar-refractivity contribution in [2.75, 3.05) is 19.8 Å². The molecule has 4 nitrogen and oxygen atoms in total. The van der Waals surface area contributed by atoms with Crippen LogP contribution in [0.15, 0.2) is 0 Å². The molecule has 1 aliphatic heterocycles. The molecule has 0 unspecified atom stereocenters. The van der Waals surface area contributed by atoms with Crippen LogP contribution in [0.4, 0.5) is 13.2 Å². The van der Waals surface area contributed by atoms with Crippen molar-refractivity contribution < 1.29 is 26.3 Å². The van der Waals surface area contributed by atoms with Gasteiger partial charge < -0.3 is 4.74 Å². The van der Waals surface area contributed by atoms with E-state index in [1.807, 2.05) is 0 Å². The molecule has 0 atom stereocenters. The summed E-state index contributed by atoms with van der Waals surface area (Å²) in [5.41, 5.74) is 0. The maximum Gasteiger partial charge on any atom is 0.402 e. The highest BCUT2D eigenvalue weighted by atomic mass is 32.2. The fourth-order valence-electron chi connectivity index (χ4n) is 2.13. The molecular formula is C10H16F3NO3S. The average molecular weight is 287 g/mol. The lowest BCUT2D eigenvalue weighted by molar-refractivity contribution is -0.141. The highest BCUT2D eigenvalue weighted by Gasteiger charge is 2.47. The highest BCUT2D eigenvalue weighted by Crippen LogP contribution is 2.35. The molecule has 0 aromatic heterocycles. The summed E-state index contributed by atoms with van der Waals surface area (Å²) in [5.74, 6) is 0. The highest BCUT2D eigenvalue weighted by molar-refractivity contribution is 7.90. The van der Waals surface area contributed by atoms with Crippen molar-refractivity contribution in [2.24, 2.45) is 0 Å². The van der Waals surface area contributed by atoms with Gasteiger partial charge in [0.05, 0.1) is 5.25 Å². The number of halogens is 3. The van der Waals surface area contributed by atoms with E-state index >= 15 is 0 Å². The molecule has 1 saturated carbocycles. The van der Waals surface area contributed by atoms with Crippen LogP contribution in [0.1, 0.15) is 25.7 Å². The fraction of sp³-hybridized carbons (Fsp3) is 1.00. The molecule has 0 amide bonds. The van der Waals surface area contributed by atoms with Crippen molar-refractivity contribution in [3.05, 3.63) is 0 Å². The summed E-state index contributed by atoms with van der Waals surface area (Å²) in [4.78, 5) is 0. The van der Waals surface area contributed by atoms with Gasteiger partial charge in [0, 0.05) is 19.3 Å². The quantitative estimate of drug-likeness (QED) is 0.787. The minimum absolute atomic E-state index is 0.319. The van der Waals surface area contributed by atoms with Gasteiger partial charge in [-0.15, -0.1) is 0 Å². The molecule has 0 bridgehead atoms. The number of sulfonamides is 1. The van der Waals surface area contributed by atoms with Crippen LogP contribution >= 0.6 is 0 Å². The van der Waals surface area contributed by atoms with Crippen LogP contribution in [0.25, 0.3) is 0 Å². The molecule has 0 spiro atoms. The average Bonchev–Trinajstić information content (AvgIpc) is 3.09. The van der Waals surface area contributed by atoms with Crippen LogP contribution in [0.5, 0.6) is 0 Å². The van der Waals surface area contributed by atoms with Crippen molar-refractivity contribution in [3.63, 3.8) is 0 Å². The summed E-state index contributed by atoms with van der Waals surface area (Å²) in [6, 6.07) is -0.578. The van der Waals surface area contributed by atoms with Gasteiger partial charge in [0.2, 0.25) is 10.0 Å². The van der Waals surface area contributed by atoms with Crippen LogP contribution in [-0.4, -0.2) is 49.9 Å². The van der Waals surface area contributed by atoms with E-state index in [4.69, 9.17) is 4.74 Å². The zero-order valence-electron chi connectivity index (χ0n) is 9.82. The normalized spacial score (nSPS) is 23.6. The third-order valence-electron chi connectivity index (χ3n) is 3.21. The van der Waals surface area contributed by atoms with E-state index in [-0.39, 0.29) is 0 Å². The molecule has 2 fully saturated rings. The van der Waals surface area contributed by atoms with Gasteiger partial charge in [-0.1, -0.05) is 0 Å². The summed E-state index contributed by atoms with van der Waals surface area (Å²) >= 11 is 0. The molecule has 0 aromatic rings. The lowest BCUT2D eigenvalue weighted by atomic mass is 10.1. The third-order valence-corrected chi connectivity index (χ3v) is 5.60. The number of alkyl halides is 3. The maximum absolute atomic E-state index is 12.5. The van der Waals surface area contributed by atoms with E-state index in [0.29, 0.717) is 43.2 Å². The predicted molar refractivity (Wildman–Crippen MR) is 58.5 cm³/mol. The summed E-state index contributed by atoms with van der Waals surface area (Å²) < 4.78 is 67.4. The van der Waals surface area contributed by atoms with Crippen molar-refractivity contribution in [2.45, 2.75) is 43.2 Å². The zero-order valence-corrected chi connectivity index (χ0v) is 10.6. The lowest BCUT2D eigenvalue weighted by Gasteiger charge is -2.33. The molecule has 106 valence electrons. The van der Waals surface area contributed by atoms with Crippen LogP contribution < -0.4 is 0 Å². The molecule has 18 heavy (non-hydrogen) atoms. The van der Waals surface area contributed by atoms with Gasteiger partial charge in [0.15, 0.2) is 0 Å². The molecule has 1 aliphatic carbocycles. The number of nitrogens with zero attached hydrogens (tertiary/aromatic N) is 1. The van der Waals surface area contributed by atoms with Gasteiger partial charge in [-0.2, -0.15) is 17.5 Å². The monoisotopic (exact) mass is 287 g/mol. The molecule has 1 heterocycles. The molecule has 0 N–H and O–H groups in total. The molecule has 1 saturated heterocycles. The Kier molecular flexibility index (Phi) is 3.89. The maximum atomic E-state index is 12.5. The Morgan fingerprint density at radius 2 is 1.67 bits per heavy atom. The van der Waals surface area contributed by atoms with Crippen molar-refractivity contribution in [1.82, 2.24) is 4.31 Å². The standard InChI is InChI=1S/C10H16F3NO3S/c11-10(12,13)7-14(8-3-5-17-6-4-8)18(15,16)9-1-2-9/h8-9H,1-7H2. The van der Waals surface area contributed by atoms with E-state index < -0.39 is 34.0 Å². The van der Waals surface area contributed by atoms with E-state index in [1.165, 1.54) is 0 Å². The topological polar surface area (TPSA) is 46.6 Å². The van der Waals surface area contributed by atoms with E-state index in [2.05, 4.69) is 0 Å². The lowest BCUT2D eigenvalue weighted by Crippen LogP contribution is -2.48. The molecule has 2 rings (SSSR count). The smallest absolute Gasteiger partial charge is 0.381 e. The summed E-state index contributed by atoms with van der Waals surface area (Å²) in [7, 11) is -3.80. The number of rotatable bonds is 4. The van der Waals surface area contributed by atoms with Gasteiger partial charge >= 0.3 is 6.18 Å². The van der Waals surface area contributed by atoms with Gasteiger partial charge in [-0.25, -0.2) is 8.42 Å². The van der Waals surface area contributed by atoms with Crippen LogP contribution in [0.3, 0.4) is 0 Å². The Hall–Kier alpha value is -0.340. The molecule has 8 heteroatoms. The van der Waals surface area contributed by atoms with Crippen LogP contribution in [0.2, 0.25) is 0 Å². The van der Waals surface area contributed by atoms with E-state index in [0.717, 1.165) is 0 Å². The largest absolute Gasteiger partial charge is 0.402 e. The van der Waals surface area contributed by atoms with Crippen LogP contribution in [-0.2, 0) is 14.8 Å². The van der Waals surface area contributed by atoms with E-state index in [1.54, 1.807) is 0 Å². The summed E-state index contributed by atoms with van der Waals surface area (Å²) in [6.07, 6.45) is -2.88. The van der Waals surface area contributed by atoms with Crippen molar-refractivity contribution in [1.29, 1.82) is 0 Å². The minimum atomic E-state index is -4.50. The van der Waals surface area contributed by atoms with Crippen LogP contribution in [0, 0.1) is 0 Å². The molecule has 0 aromatic carbocycles. The van der Waals surface area contributed by atoms with Gasteiger partial charge in [0.1, 0.15) is 6.54 Å². The number of hydrogen-bond acceptors (Lipinski definition) is 3. The summed E-state index contributed by atoms with van der Waals surface area (Å²) in [6.45, 7) is -0.741. The van der Waals surface area contributed by atoms with Gasteiger partial charge in [-0.3, -0.25) is 0 Å². The first-order chi connectivity index (χ1) is 8.31. The second-order valence-corrected chi connectivity index (χ2v) is 6.91. The number of ether oxygens (including phenoxy) is 1. The Balaban J connectivity index is 2.16. The predicted octanol–water partition coefficient (Wildman–Crippen LogP) is 1.52. The molecule has 0 radical (unpaired) electrons. The first-order valence-corrected chi connectivity index (χ1v) is 7.46. The minimum Gasteiger partial charge on any atom is -0.381 e. The number of hydrogen-bond donors (Lipinski definition) is 0. The SMILES string of the molecule is O=S(=O)(C1CC1)N(CC(F)(F)F)C1CCOCC1. The van der Waals surface area contributed by atoms with E-state index in [9.17, 15) is 21.6 Å². The third kappa shape index (κ3) is 3.36. The second-order valence-electron chi connectivity index (χ2n) is 4.75. The van der Waals surface area contributed by atoms with Crippen molar-refractivity contribution >= 4 is 10.0 Å². The Morgan fingerprint density at radius 3 is 2.11 bits per heavy atom. The molecule has 2 aliphatic rings. The summed E-state index contributed by atoms with van der Waals surface area (Å²) in [5, 5.41) is -0.609. The Morgan fingerprint density at radius 1 is 1.11 bits per heavy atom.